The van der Waals surface area contributed by atoms with Crippen LogP contribution in [0.2, 0.25) is 0 Å². The minimum atomic E-state index is -1.08. The van der Waals surface area contributed by atoms with Gasteiger partial charge in [-0.2, -0.15) is 0 Å². The third-order valence-electron chi connectivity index (χ3n) is 1.66. The highest BCUT2D eigenvalue weighted by Gasteiger charge is 2.27. The molecule has 1 saturated heterocycles. The summed E-state index contributed by atoms with van der Waals surface area (Å²) >= 11 is -1.08. The van der Waals surface area contributed by atoms with Gasteiger partial charge in [0.15, 0.2) is 0 Å². The molecule has 0 aromatic heterocycles. The van der Waals surface area contributed by atoms with Gasteiger partial charge in [0, 0.05) is 19.5 Å². The first-order valence-corrected chi connectivity index (χ1v) is 5.30. The molecule has 1 rings (SSSR count). The van der Waals surface area contributed by atoms with Crippen LogP contribution in [0.4, 0.5) is 0 Å². The second-order valence-corrected chi connectivity index (χ2v) is 5.85. The van der Waals surface area contributed by atoms with Crippen LogP contribution in [0.3, 0.4) is 0 Å². The predicted octanol–water partition coefficient (Wildman–Crippen LogP) is 0.883. The monoisotopic (exact) mass is 188 g/mol. The highest BCUT2D eigenvalue weighted by molar-refractivity contribution is 7.91. The summed E-state index contributed by atoms with van der Waals surface area (Å²) in [6.45, 7) is 7.60. The van der Waals surface area contributed by atoms with E-state index in [4.69, 9.17) is 0 Å². The smallest absolute Gasteiger partial charge is 0.144 e. The van der Waals surface area contributed by atoms with E-state index in [0.29, 0.717) is 0 Å². The topological polar surface area (TPSA) is 47.5 Å². The van der Waals surface area contributed by atoms with Crippen molar-refractivity contribution in [2.75, 3.05) is 13.1 Å². The van der Waals surface area contributed by atoms with Gasteiger partial charge in [0.2, 0.25) is 0 Å². The maximum Gasteiger partial charge on any atom is 0.144 e. The lowest BCUT2D eigenvalue weighted by Gasteiger charge is -2.18. The van der Waals surface area contributed by atoms with E-state index in [1.54, 1.807) is 0 Å². The lowest BCUT2D eigenvalue weighted by molar-refractivity contribution is 0.561. The molecule has 1 aliphatic heterocycles. The van der Waals surface area contributed by atoms with Crippen LogP contribution in [0, 0.1) is 0 Å². The van der Waals surface area contributed by atoms with E-state index in [0.717, 1.165) is 25.2 Å². The fraction of sp³-hybridized carbons (Fsp3) is 0.875. The van der Waals surface area contributed by atoms with Crippen molar-refractivity contribution in [1.29, 1.82) is 0 Å². The lowest BCUT2D eigenvalue weighted by Crippen LogP contribution is -2.27. The molecule has 1 aliphatic rings. The molecule has 0 bridgehead atoms. The molecule has 1 unspecified atom stereocenters. The van der Waals surface area contributed by atoms with Gasteiger partial charge in [0.25, 0.3) is 0 Å². The van der Waals surface area contributed by atoms with E-state index in [-0.39, 0.29) is 4.75 Å². The highest BCUT2D eigenvalue weighted by Crippen LogP contribution is 2.17. The summed E-state index contributed by atoms with van der Waals surface area (Å²) in [6, 6.07) is 0. The zero-order valence-corrected chi connectivity index (χ0v) is 8.70. The number of nitrogens with zero attached hydrogens (tertiary/aromatic N) is 1. The number of nitrogens with one attached hydrogen (secondary N) is 1. The van der Waals surface area contributed by atoms with Gasteiger partial charge in [-0.15, -0.1) is 0 Å². The molecule has 0 aromatic carbocycles. The molecule has 1 heterocycles. The summed E-state index contributed by atoms with van der Waals surface area (Å²) in [5, 5.41) is 3.16. The fourth-order valence-electron chi connectivity index (χ4n) is 0.886. The van der Waals surface area contributed by atoms with Gasteiger partial charge in [-0.05, 0) is 20.8 Å². The van der Waals surface area contributed by atoms with Crippen LogP contribution in [0.5, 0.6) is 0 Å². The average molecular weight is 188 g/mol. The Hall–Kier alpha value is -0.0600. The second-order valence-electron chi connectivity index (χ2n) is 3.95. The Morgan fingerprint density at radius 3 is 2.58 bits per heavy atom. The van der Waals surface area contributed by atoms with Gasteiger partial charge in [-0.25, -0.2) is 0 Å². The summed E-state index contributed by atoms with van der Waals surface area (Å²) in [7, 11) is 0. The van der Waals surface area contributed by atoms with E-state index in [1.807, 2.05) is 20.8 Å². The summed E-state index contributed by atoms with van der Waals surface area (Å²) in [4.78, 5) is 0. The Bertz CT molecular complexity index is 178. The third-order valence-corrected chi connectivity index (χ3v) is 3.13. The SMILES string of the molecule is CC(C)(C)[S+]([O-])/N=C1/CCNC1. The fourth-order valence-corrected chi connectivity index (χ4v) is 1.55. The largest absolute Gasteiger partial charge is 0.591 e. The van der Waals surface area contributed by atoms with Gasteiger partial charge in [0.05, 0.1) is 5.71 Å². The molecule has 0 aromatic rings. The Labute approximate surface area is 77.0 Å². The van der Waals surface area contributed by atoms with Gasteiger partial charge >= 0.3 is 0 Å². The summed E-state index contributed by atoms with van der Waals surface area (Å²) < 4.78 is 15.5. The Kier molecular flexibility index (Phi) is 3.15. The summed E-state index contributed by atoms with van der Waals surface area (Å²) in [5.74, 6) is 0. The lowest BCUT2D eigenvalue weighted by atomic mass is 10.3. The number of rotatable bonds is 1. The standard InChI is InChI=1S/C8H16N2OS/c1-8(2,3)12(11)10-7-4-5-9-6-7/h9H,4-6H2,1-3H3/b10-7-. The van der Waals surface area contributed by atoms with Crippen molar-refractivity contribution in [1.82, 2.24) is 5.32 Å². The van der Waals surface area contributed by atoms with Crippen molar-refractivity contribution in [3.05, 3.63) is 0 Å². The van der Waals surface area contributed by atoms with E-state index in [1.165, 1.54) is 0 Å². The van der Waals surface area contributed by atoms with Crippen LogP contribution < -0.4 is 5.32 Å². The van der Waals surface area contributed by atoms with Crippen LogP contribution in [-0.2, 0) is 11.4 Å². The van der Waals surface area contributed by atoms with Gasteiger partial charge < -0.3 is 9.87 Å². The molecule has 0 saturated carbocycles. The van der Waals surface area contributed by atoms with E-state index >= 15 is 0 Å². The normalized spacial score (nSPS) is 24.8. The molecule has 0 aliphatic carbocycles. The first kappa shape index (κ1) is 10.0. The van der Waals surface area contributed by atoms with Crippen molar-refractivity contribution in [2.24, 2.45) is 4.40 Å². The first-order chi connectivity index (χ1) is 5.50. The van der Waals surface area contributed by atoms with Crippen LogP contribution >= 0.6 is 0 Å². The molecule has 1 fully saturated rings. The zero-order valence-electron chi connectivity index (χ0n) is 7.89. The molecule has 0 amide bonds. The Morgan fingerprint density at radius 2 is 2.17 bits per heavy atom. The quantitative estimate of drug-likeness (QED) is 0.621. The van der Waals surface area contributed by atoms with Gasteiger partial charge in [0.1, 0.15) is 16.1 Å². The highest BCUT2D eigenvalue weighted by atomic mass is 32.2. The molecule has 4 heteroatoms. The third kappa shape index (κ3) is 2.77. The number of hydrogen-bond donors (Lipinski definition) is 1. The maximum atomic E-state index is 11.5. The van der Waals surface area contributed by atoms with Crippen molar-refractivity contribution < 1.29 is 4.55 Å². The second kappa shape index (κ2) is 3.77. The average Bonchev–Trinajstić information content (AvgIpc) is 2.37. The minimum Gasteiger partial charge on any atom is -0.591 e. The van der Waals surface area contributed by atoms with Gasteiger partial charge in [-0.1, -0.05) is 4.40 Å². The van der Waals surface area contributed by atoms with Crippen LogP contribution in [-0.4, -0.2) is 28.1 Å². The van der Waals surface area contributed by atoms with Crippen LogP contribution in [0.15, 0.2) is 4.40 Å². The zero-order chi connectivity index (χ0) is 9.19. The molecule has 0 radical (unpaired) electrons. The molecule has 70 valence electrons. The first-order valence-electron chi connectivity index (χ1n) is 4.19. The molecule has 0 spiro atoms. The van der Waals surface area contributed by atoms with Crippen LogP contribution in [0.25, 0.3) is 0 Å². The summed E-state index contributed by atoms with van der Waals surface area (Å²) in [6.07, 6.45) is 0.946. The molecule has 3 nitrogen and oxygen atoms in total. The molecular weight excluding hydrogens is 172 g/mol. The molecule has 1 atom stereocenters. The molecular formula is C8H16N2OS. The van der Waals surface area contributed by atoms with Crippen molar-refractivity contribution in [3.8, 4) is 0 Å². The maximum absolute atomic E-state index is 11.5. The predicted molar refractivity (Wildman–Crippen MR) is 52.8 cm³/mol. The van der Waals surface area contributed by atoms with E-state index in [9.17, 15) is 4.55 Å². The summed E-state index contributed by atoms with van der Waals surface area (Å²) in [5.41, 5.74) is 1.04. The minimum absolute atomic E-state index is 0.227. The molecule has 1 N–H and O–H groups in total. The van der Waals surface area contributed by atoms with Gasteiger partial charge in [-0.3, -0.25) is 0 Å². The van der Waals surface area contributed by atoms with Crippen molar-refractivity contribution >= 4 is 17.1 Å². The Morgan fingerprint density at radius 1 is 1.50 bits per heavy atom. The Balaban J connectivity index is 2.54. The molecule has 12 heavy (non-hydrogen) atoms. The number of hydrogen-bond acceptors (Lipinski definition) is 3. The van der Waals surface area contributed by atoms with E-state index in [2.05, 4.69) is 9.71 Å². The van der Waals surface area contributed by atoms with Crippen LogP contribution in [0.1, 0.15) is 27.2 Å². The van der Waals surface area contributed by atoms with E-state index < -0.39 is 11.4 Å². The van der Waals surface area contributed by atoms with Crippen molar-refractivity contribution in [3.63, 3.8) is 0 Å². The van der Waals surface area contributed by atoms with Crippen molar-refractivity contribution in [2.45, 2.75) is 31.9 Å².